The Labute approximate surface area is 155 Å². The number of esters is 1. The average Bonchev–Trinajstić information content (AvgIpc) is 3.12. The van der Waals surface area contributed by atoms with Crippen LogP contribution in [0.25, 0.3) is 27.9 Å². The Kier molecular flexibility index (Phi) is 4.16. The van der Waals surface area contributed by atoms with Crippen molar-refractivity contribution in [2.75, 3.05) is 7.11 Å². The van der Waals surface area contributed by atoms with Crippen molar-refractivity contribution < 1.29 is 13.9 Å². The lowest BCUT2D eigenvalue weighted by Gasteiger charge is -2.10. The predicted molar refractivity (Wildman–Crippen MR) is 99.9 cm³/mol. The number of carbonyl (C=O) groups excluding carboxylic acids is 1. The summed E-state index contributed by atoms with van der Waals surface area (Å²) in [6.07, 6.45) is 4.97. The van der Waals surface area contributed by atoms with Gasteiger partial charge in [0.1, 0.15) is 11.4 Å². The molecule has 0 amide bonds. The third-order valence-electron chi connectivity index (χ3n) is 4.48. The van der Waals surface area contributed by atoms with Gasteiger partial charge in [0.05, 0.1) is 24.5 Å². The number of aryl methyl sites for hydroxylation is 1. The van der Waals surface area contributed by atoms with E-state index in [-0.39, 0.29) is 5.82 Å². The molecule has 0 saturated carbocycles. The third kappa shape index (κ3) is 2.95. The Morgan fingerprint density at radius 1 is 1.15 bits per heavy atom. The lowest BCUT2D eigenvalue weighted by molar-refractivity contribution is 0.0603. The van der Waals surface area contributed by atoms with Gasteiger partial charge in [0.25, 0.3) is 0 Å². The van der Waals surface area contributed by atoms with Gasteiger partial charge in [-0.3, -0.25) is 4.98 Å². The lowest BCUT2D eigenvalue weighted by Crippen LogP contribution is -2.00. The molecule has 0 aliphatic rings. The Morgan fingerprint density at radius 2 is 2.00 bits per heavy atom. The Bertz CT molecular complexity index is 1170. The predicted octanol–water partition coefficient (Wildman–Crippen LogP) is 4.30. The molecule has 0 N–H and O–H groups in total. The van der Waals surface area contributed by atoms with E-state index in [0.717, 1.165) is 22.4 Å². The second kappa shape index (κ2) is 6.64. The minimum Gasteiger partial charge on any atom is -0.465 e. The van der Waals surface area contributed by atoms with E-state index in [9.17, 15) is 9.18 Å². The number of carbonyl (C=O) groups is 1. The van der Waals surface area contributed by atoms with Crippen molar-refractivity contribution in [1.82, 2.24) is 14.6 Å². The average molecular weight is 361 g/mol. The van der Waals surface area contributed by atoms with Crippen molar-refractivity contribution >= 4 is 11.5 Å². The van der Waals surface area contributed by atoms with Crippen LogP contribution in [0, 0.1) is 12.7 Å². The van der Waals surface area contributed by atoms with Crippen molar-refractivity contribution in [3.05, 3.63) is 78.0 Å². The molecule has 3 aromatic heterocycles. The zero-order valence-corrected chi connectivity index (χ0v) is 14.8. The summed E-state index contributed by atoms with van der Waals surface area (Å²) in [4.78, 5) is 16.5. The van der Waals surface area contributed by atoms with Crippen LogP contribution in [0.1, 0.15) is 15.9 Å². The first-order valence-electron chi connectivity index (χ1n) is 8.36. The van der Waals surface area contributed by atoms with E-state index < -0.39 is 5.97 Å². The molecule has 6 heteroatoms. The van der Waals surface area contributed by atoms with Gasteiger partial charge >= 0.3 is 5.97 Å². The summed E-state index contributed by atoms with van der Waals surface area (Å²) in [5.41, 5.74) is 4.91. The van der Waals surface area contributed by atoms with Gasteiger partial charge in [-0.2, -0.15) is 5.10 Å². The van der Waals surface area contributed by atoms with Gasteiger partial charge in [-0.05, 0) is 54.4 Å². The maximum absolute atomic E-state index is 13.7. The summed E-state index contributed by atoms with van der Waals surface area (Å²) in [7, 11) is 1.34. The summed E-state index contributed by atoms with van der Waals surface area (Å²) in [5, 5.41) is 4.18. The Balaban J connectivity index is 1.89. The topological polar surface area (TPSA) is 56.5 Å². The Morgan fingerprint density at radius 3 is 2.78 bits per heavy atom. The number of benzene rings is 1. The van der Waals surface area contributed by atoms with Crippen molar-refractivity contribution in [2.45, 2.75) is 6.92 Å². The monoisotopic (exact) mass is 361 g/mol. The highest BCUT2D eigenvalue weighted by Gasteiger charge is 2.15. The third-order valence-corrected chi connectivity index (χ3v) is 4.48. The second-order valence-electron chi connectivity index (χ2n) is 6.16. The van der Waals surface area contributed by atoms with Crippen LogP contribution < -0.4 is 0 Å². The molecule has 0 aliphatic heterocycles. The normalized spacial score (nSPS) is 10.9. The molecule has 4 aromatic rings. The lowest BCUT2D eigenvalue weighted by atomic mass is 9.98. The van der Waals surface area contributed by atoms with Crippen LogP contribution in [-0.4, -0.2) is 27.7 Å². The number of nitrogens with zero attached hydrogens (tertiary/aromatic N) is 3. The molecule has 4 rings (SSSR count). The van der Waals surface area contributed by atoms with Crippen LogP contribution in [0.4, 0.5) is 4.39 Å². The number of aromatic nitrogens is 3. The number of methoxy groups -OCH3 is 1. The molecule has 3 heterocycles. The van der Waals surface area contributed by atoms with Gasteiger partial charge in [0.2, 0.25) is 0 Å². The van der Waals surface area contributed by atoms with E-state index in [2.05, 4.69) is 10.1 Å². The van der Waals surface area contributed by atoms with Crippen molar-refractivity contribution in [3.63, 3.8) is 0 Å². The molecule has 0 aliphatic carbocycles. The maximum Gasteiger partial charge on any atom is 0.341 e. The van der Waals surface area contributed by atoms with Crippen molar-refractivity contribution in [1.29, 1.82) is 0 Å². The molecule has 27 heavy (non-hydrogen) atoms. The van der Waals surface area contributed by atoms with Crippen LogP contribution in [-0.2, 0) is 4.74 Å². The first-order chi connectivity index (χ1) is 13.1. The highest BCUT2D eigenvalue weighted by molar-refractivity contribution is 5.97. The Hall–Kier alpha value is -3.54. The highest BCUT2D eigenvalue weighted by Crippen LogP contribution is 2.32. The van der Waals surface area contributed by atoms with E-state index in [1.54, 1.807) is 36.0 Å². The number of pyridine rings is 2. The molecule has 0 fully saturated rings. The molecule has 1 aromatic carbocycles. The minimum atomic E-state index is -0.442. The fraction of sp³-hybridized carbons (Fsp3) is 0.0952. The van der Waals surface area contributed by atoms with Gasteiger partial charge in [-0.25, -0.2) is 13.7 Å². The van der Waals surface area contributed by atoms with Crippen molar-refractivity contribution in [2.24, 2.45) is 0 Å². The van der Waals surface area contributed by atoms with E-state index in [1.807, 2.05) is 24.3 Å². The smallest absolute Gasteiger partial charge is 0.341 e. The number of fused-ring (bicyclic) bond motifs is 1. The number of ether oxygens (including phenoxy) is 1. The fourth-order valence-corrected chi connectivity index (χ4v) is 3.08. The van der Waals surface area contributed by atoms with Gasteiger partial charge in [-0.1, -0.05) is 6.07 Å². The van der Waals surface area contributed by atoms with Gasteiger partial charge in [0, 0.05) is 23.5 Å². The fourth-order valence-electron chi connectivity index (χ4n) is 3.08. The summed E-state index contributed by atoms with van der Waals surface area (Å²) < 4.78 is 20.1. The van der Waals surface area contributed by atoms with E-state index in [0.29, 0.717) is 16.6 Å². The van der Waals surface area contributed by atoms with Crippen LogP contribution in [0.2, 0.25) is 0 Å². The van der Waals surface area contributed by atoms with E-state index in [4.69, 9.17) is 4.74 Å². The maximum atomic E-state index is 13.7. The van der Waals surface area contributed by atoms with Crippen LogP contribution in [0.3, 0.4) is 0 Å². The first-order valence-corrected chi connectivity index (χ1v) is 8.36. The molecule has 0 spiro atoms. The molecule has 0 bridgehead atoms. The molecular formula is C21H16FN3O2. The van der Waals surface area contributed by atoms with Gasteiger partial charge < -0.3 is 4.74 Å². The zero-order chi connectivity index (χ0) is 19.0. The number of halogens is 1. The molecule has 0 radical (unpaired) electrons. The SMILES string of the molecule is COC(=O)c1cnn2ccc(-c3cccnc3-c3ccc(F)c(C)c3)cc12. The zero-order valence-electron chi connectivity index (χ0n) is 14.8. The van der Waals surface area contributed by atoms with E-state index >= 15 is 0 Å². The first kappa shape index (κ1) is 16.9. The molecular weight excluding hydrogens is 345 g/mol. The largest absolute Gasteiger partial charge is 0.465 e. The van der Waals surface area contributed by atoms with Crippen LogP contribution in [0.15, 0.2) is 61.1 Å². The molecule has 134 valence electrons. The summed E-state index contributed by atoms with van der Waals surface area (Å²) >= 11 is 0. The van der Waals surface area contributed by atoms with E-state index in [1.165, 1.54) is 19.4 Å². The van der Waals surface area contributed by atoms with Gasteiger partial charge in [0.15, 0.2) is 0 Å². The second-order valence-corrected chi connectivity index (χ2v) is 6.16. The molecule has 0 saturated heterocycles. The van der Waals surface area contributed by atoms with Crippen LogP contribution in [0.5, 0.6) is 0 Å². The minimum absolute atomic E-state index is 0.250. The summed E-state index contributed by atoms with van der Waals surface area (Å²) in [6, 6.07) is 12.5. The number of hydrogen-bond acceptors (Lipinski definition) is 4. The van der Waals surface area contributed by atoms with Crippen molar-refractivity contribution in [3.8, 4) is 22.4 Å². The molecule has 0 atom stereocenters. The molecule has 5 nitrogen and oxygen atoms in total. The summed E-state index contributed by atoms with van der Waals surface area (Å²) in [6.45, 7) is 1.72. The standard InChI is InChI=1S/C21H16FN3O2/c1-13-10-15(5-6-18(13)22)20-16(4-3-8-23-20)14-7-9-25-19(11-14)17(12-24-25)21(26)27-2/h3-12H,1-2H3. The van der Waals surface area contributed by atoms with Gasteiger partial charge in [-0.15, -0.1) is 0 Å². The molecule has 0 unspecified atom stereocenters. The van der Waals surface area contributed by atoms with Crippen LogP contribution >= 0.6 is 0 Å². The number of hydrogen-bond donors (Lipinski definition) is 0. The number of rotatable bonds is 3. The highest BCUT2D eigenvalue weighted by atomic mass is 19.1. The summed E-state index contributed by atoms with van der Waals surface area (Å²) in [5.74, 6) is -0.692. The quantitative estimate of drug-likeness (QED) is 0.511.